The number of hydrogen-bond acceptors (Lipinski definition) is 2. The zero-order chi connectivity index (χ0) is 16.4. The Morgan fingerprint density at radius 2 is 1.52 bits per heavy atom. The molecule has 0 spiro atoms. The molecule has 0 aliphatic rings. The molecule has 0 amide bonds. The quantitative estimate of drug-likeness (QED) is 0.755. The summed E-state index contributed by atoms with van der Waals surface area (Å²) in [7, 11) is 1.58. The summed E-state index contributed by atoms with van der Waals surface area (Å²) in [6.07, 6.45) is -2.82. The minimum absolute atomic E-state index is 0.640. The van der Waals surface area contributed by atoms with E-state index in [1.165, 1.54) is 18.5 Å². The Kier molecular flexibility index (Phi) is 3.82. The van der Waals surface area contributed by atoms with E-state index in [2.05, 4.69) is 9.97 Å². The van der Waals surface area contributed by atoms with Gasteiger partial charge in [-0.25, -0.2) is 4.98 Å². The highest BCUT2D eigenvalue weighted by Gasteiger charge is 2.30. The van der Waals surface area contributed by atoms with Crippen LogP contribution in [0, 0.1) is 0 Å². The first-order valence-electron chi connectivity index (χ1n) is 6.84. The molecule has 1 aromatic heterocycles. The summed E-state index contributed by atoms with van der Waals surface area (Å²) in [6, 6.07) is 12.3. The fourth-order valence-corrected chi connectivity index (χ4v) is 2.31. The number of imidazole rings is 1. The van der Waals surface area contributed by atoms with Crippen molar-refractivity contribution >= 4 is 0 Å². The molecule has 3 nitrogen and oxygen atoms in total. The molecule has 0 radical (unpaired) electrons. The number of methoxy groups -OCH3 is 1. The molecule has 2 aromatic carbocycles. The number of ether oxygens (including phenoxy) is 1. The number of H-pyrrole nitrogens is 1. The topological polar surface area (TPSA) is 37.9 Å². The molecule has 0 saturated heterocycles. The maximum absolute atomic E-state index is 12.6. The van der Waals surface area contributed by atoms with Crippen molar-refractivity contribution in [3.63, 3.8) is 0 Å². The van der Waals surface area contributed by atoms with Crippen LogP contribution in [0.25, 0.3) is 22.5 Å². The van der Waals surface area contributed by atoms with Crippen molar-refractivity contribution in [2.75, 3.05) is 7.11 Å². The van der Waals surface area contributed by atoms with E-state index in [-0.39, 0.29) is 0 Å². The molecular weight excluding hydrogens is 305 g/mol. The second-order valence-corrected chi connectivity index (χ2v) is 4.93. The first-order chi connectivity index (χ1) is 11.0. The number of hydrogen-bond donors (Lipinski definition) is 1. The lowest BCUT2D eigenvalue weighted by atomic mass is 10.0. The molecule has 1 N–H and O–H groups in total. The summed E-state index contributed by atoms with van der Waals surface area (Å²) in [5.74, 6) is 0.723. The van der Waals surface area contributed by atoms with E-state index in [0.717, 1.165) is 23.4 Å². The van der Waals surface area contributed by atoms with Crippen LogP contribution in [0.2, 0.25) is 0 Å². The van der Waals surface area contributed by atoms with Gasteiger partial charge in [0, 0.05) is 11.1 Å². The lowest BCUT2D eigenvalue weighted by Gasteiger charge is -2.08. The Labute approximate surface area is 130 Å². The number of benzene rings is 2. The highest BCUT2D eigenvalue weighted by Crippen LogP contribution is 2.33. The van der Waals surface area contributed by atoms with Gasteiger partial charge in [0.15, 0.2) is 0 Å². The first-order valence-corrected chi connectivity index (χ1v) is 6.84. The van der Waals surface area contributed by atoms with Crippen LogP contribution in [0.3, 0.4) is 0 Å². The Morgan fingerprint density at radius 1 is 0.913 bits per heavy atom. The number of rotatable bonds is 3. The van der Waals surface area contributed by atoms with Crippen molar-refractivity contribution in [3.05, 3.63) is 60.4 Å². The second kappa shape index (κ2) is 5.79. The van der Waals surface area contributed by atoms with Gasteiger partial charge in [0.25, 0.3) is 0 Å². The Morgan fingerprint density at radius 3 is 2.09 bits per heavy atom. The summed E-state index contributed by atoms with van der Waals surface area (Å²) in [5, 5.41) is 0. The summed E-state index contributed by atoms with van der Waals surface area (Å²) in [5.41, 5.74) is 2.16. The van der Waals surface area contributed by atoms with Crippen molar-refractivity contribution in [1.29, 1.82) is 0 Å². The average molecular weight is 318 g/mol. The van der Waals surface area contributed by atoms with Crippen LogP contribution >= 0.6 is 0 Å². The molecule has 3 rings (SSSR count). The van der Waals surface area contributed by atoms with E-state index in [0.29, 0.717) is 17.0 Å². The Bertz CT molecular complexity index is 790. The lowest BCUT2D eigenvalue weighted by molar-refractivity contribution is -0.137. The third kappa shape index (κ3) is 3.06. The smallest absolute Gasteiger partial charge is 0.416 e. The van der Waals surface area contributed by atoms with Crippen LogP contribution in [0.4, 0.5) is 13.2 Å². The molecule has 0 atom stereocenters. The first kappa shape index (κ1) is 15.1. The van der Waals surface area contributed by atoms with E-state index >= 15 is 0 Å². The van der Waals surface area contributed by atoms with Gasteiger partial charge >= 0.3 is 6.18 Å². The third-order valence-corrected chi connectivity index (χ3v) is 3.50. The molecule has 6 heteroatoms. The summed E-state index contributed by atoms with van der Waals surface area (Å²) in [4.78, 5) is 7.25. The minimum atomic E-state index is -4.34. The summed E-state index contributed by atoms with van der Waals surface area (Å²) < 4.78 is 43.0. The Hall–Kier alpha value is -2.76. The van der Waals surface area contributed by atoms with Gasteiger partial charge in [-0.15, -0.1) is 0 Å². The van der Waals surface area contributed by atoms with E-state index in [1.54, 1.807) is 19.2 Å². The molecule has 1 heterocycles. The fraction of sp³-hybridized carbons (Fsp3) is 0.118. The van der Waals surface area contributed by atoms with Crippen molar-refractivity contribution in [2.24, 2.45) is 0 Å². The van der Waals surface area contributed by atoms with Crippen molar-refractivity contribution in [3.8, 4) is 28.3 Å². The predicted octanol–water partition coefficient (Wildman–Crippen LogP) is 4.77. The normalized spacial score (nSPS) is 11.5. The van der Waals surface area contributed by atoms with Crippen LogP contribution in [0.15, 0.2) is 54.9 Å². The second-order valence-electron chi connectivity index (χ2n) is 4.93. The SMILES string of the molecule is COc1ccc(-c2nc[nH]c2-c2ccc(C(F)(F)F)cc2)cc1. The number of halogens is 3. The van der Waals surface area contributed by atoms with Crippen molar-refractivity contribution in [2.45, 2.75) is 6.18 Å². The molecule has 0 fully saturated rings. The third-order valence-electron chi connectivity index (χ3n) is 3.50. The molecule has 0 saturated carbocycles. The van der Waals surface area contributed by atoms with Gasteiger partial charge in [0.2, 0.25) is 0 Å². The number of nitrogens with one attached hydrogen (secondary N) is 1. The van der Waals surface area contributed by atoms with Gasteiger partial charge in [0.05, 0.1) is 30.4 Å². The highest BCUT2D eigenvalue weighted by molar-refractivity contribution is 5.78. The molecule has 118 valence electrons. The maximum atomic E-state index is 12.6. The van der Waals surface area contributed by atoms with Crippen molar-refractivity contribution < 1.29 is 17.9 Å². The maximum Gasteiger partial charge on any atom is 0.416 e. The standard InChI is InChI=1S/C17H13F3N2O/c1-23-14-8-4-12(5-9-14)16-15(21-10-22-16)11-2-6-13(7-3-11)17(18,19)20/h2-10H,1H3,(H,21,22). The molecule has 0 unspecified atom stereocenters. The van der Waals surface area contributed by atoms with E-state index < -0.39 is 11.7 Å². The number of aromatic amines is 1. The lowest BCUT2D eigenvalue weighted by Crippen LogP contribution is -2.04. The summed E-state index contributed by atoms with van der Waals surface area (Å²) >= 11 is 0. The molecule has 0 aliphatic carbocycles. The minimum Gasteiger partial charge on any atom is -0.497 e. The predicted molar refractivity (Wildman–Crippen MR) is 81.0 cm³/mol. The molecule has 0 aliphatic heterocycles. The van der Waals surface area contributed by atoms with Crippen molar-refractivity contribution in [1.82, 2.24) is 9.97 Å². The monoisotopic (exact) mass is 318 g/mol. The van der Waals surface area contributed by atoms with Gasteiger partial charge < -0.3 is 9.72 Å². The molecular formula is C17H13F3N2O. The zero-order valence-corrected chi connectivity index (χ0v) is 12.2. The van der Waals surface area contributed by atoms with E-state index in [9.17, 15) is 13.2 Å². The molecule has 3 aromatic rings. The zero-order valence-electron chi connectivity index (χ0n) is 12.2. The van der Waals surface area contributed by atoms with Crippen LogP contribution in [0.1, 0.15) is 5.56 Å². The van der Waals surface area contributed by atoms with E-state index in [1.807, 2.05) is 12.1 Å². The van der Waals surface area contributed by atoms with Crippen LogP contribution in [-0.2, 0) is 6.18 Å². The molecule has 23 heavy (non-hydrogen) atoms. The largest absolute Gasteiger partial charge is 0.497 e. The number of alkyl halides is 3. The number of nitrogens with zero attached hydrogens (tertiary/aromatic N) is 1. The van der Waals surface area contributed by atoms with Gasteiger partial charge in [-0.3, -0.25) is 0 Å². The van der Waals surface area contributed by atoms with Crippen LogP contribution < -0.4 is 4.74 Å². The Balaban J connectivity index is 1.97. The highest BCUT2D eigenvalue weighted by atomic mass is 19.4. The fourth-order valence-electron chi connectivity index (χ4n) is 2.31. The van der Waals surface area contributed by atoms with Crippen LogP contribution in [-0.4, -0.2) is 17.1 Å². The van der Waals surface area contributed by atoms with E-state index in [4.69, 9.17) is 4.74 Å². The van der Waals surface area contributed by atoms with Gasteiger partial charge in [-0.05, 0) is 36.4 Å². The summed E-state index contributed by atoms with van der Waals surface area (Å²) in [6.45, 7) is 0. The van der Waals surface area contributed by atoms with Gasteiger partial charge in [-0.2, -0.15) is 13.2 Å². The molecule has 0 bridgehead atoms. The van der Waals surface area contributed by atoms with Gasteiger partial charge in [-0.1, -0.05) is 12.1 Å². The average Bonchev–Trinajstić information content (AvgIpc) is 3.04. The van der Waals surface area contributed by atoms with Gasteiger partial charge in [0.1, 0.15) is 5.75 Å². The number of aromatic nitrogens is 2. The van der Waals surface area contributed by atoms with Crippen LogP contribution in [0.5, 0.6) is 5.75 Å².